The summed E-state index contributed by atoms with van der Waals surface area (Å²) in [5.74, 6) is -0.117. The Morgan fingerprint density at radius 2 is 1.86 bits per heavy atom. The highest BCUT2D eigenvalue weighted by atomic mass is 32.2. The average molecular weight is 425 g/mol. The number of sulfonamides is 1. The van der Waals surface area contributed by atoms with Crippen LogP contribution in [0.3, 0.4) is 0 Å². The zero-order valence-electron chi connectivity index (χ0n) is 15.3. The minimum absolute atomic E-state index is 0.0120. The molecule has 28 heavy (non-hydrogen) atoms. The molecule has 0 spiro atoms. The maximum atomic E-state index is 12.9. The van der Waals surface area contributed by atoms with E-state index < -0.39 is 10.0 Å². The van der Waals surface area contributed by atoms with Crippen molar-refractivity contribution in [1.29, 1.82) is 0 Å². The maximum Gasteiger partial charge on any atom is 0.409 e. The molecule has 9 nitrogen and oxygen atoms in total. The quantitative estimate of drug-likeness (QED) is 0.704. The fraction of sp³-hybridized carbons (Fsp3) is 0.471. The van der Waals surface area contributed by atoms with Crippen LogP contribution >= 0.6 is 11.8 Å². The molecule has 0 saturated carbocycles. The van der Waals surface area contributed by atoms with E-state index in [1.54, 1.807) is 28.9 Å². The van der Waals surface area contributed by atoms with Gasteiger partial charge in [0.2, 0.25) is 0 Å². The molecule has 0 unspecified atom stereocenters. The van der Waals surface area contributed by atoms with Crippen molar-refractivity contribution in [1.82, 2.24) is 9.80 Å². The summed E-state index contributed by atoms with van der Waals surface area (Å²) in [6.07, 6.45) is -0.351. The van der Waals surface area contributed by atoms with Crippen molar-refractivity contribution in [2.45, 2.75) is 11.8 Å². The van der Waals surface area contributed by atoms with Crippen molar-refractivity contribution in [3.63, 3.8) is 0 Å². The summed E-state index contributed by atoms with van der Waals surface area (Å²) in [5, 5.41) is 0.439. The highest BCUT2D eigenvalue weighted by molar-refractivity contribution is 8.15. The van der Waals surface area contributed by atoms with Crippen LogP contribution < -0.4 is 4.90 Å². The number of rotatable bonds is 2. The van der Waals surface area contributed by atoms with Crippen LogP contribution in [0.1, 0.15) is 17.3 Å². The second-order valence-electron chi connectivity index (χ2n) is 6.57. The molecule has 0 radical (unpaired) electrons. The zero-order chi connectivity index (χ0) is 19.9. The molecule has 1 aromatic carbocycles. The number of hydrogen-bond acceptors (Lipinski definition) is 7. The number of thioether (sulfide) groups is 1. The number of carbonyl (C=O) groups excluding carboxylic acids is 2. The van der Waals surface area contributed by atoms with E-state index in [0.717, 1.165) is 10.6 Å². The van der Waals surface area contributed by atoms with Crippen molar-refractivity contribution in [2.75, 3.05) is 50.0 Å². The topological polar surface area (TPSA) is 99.6 Å². The van der Waals surface area contributed by atoms with Gasteiger partial charge in [-0.3, -0.25) is 4.79 Å². The molecule has 0 aromatic heterocycles. The van der Waals surface area contributed by atoms with Gasteiger partial charge in [0.1, 0.15) is 0 Å². The smallest absolute Gasteiger partial charge is 0.409 e. The van der Waals surface area contributed by atoms with E-state index in [1.165, 1.54) is 11.8 Å². The van der Waals surface area contributed by atoms with Crippen LogP contribution in [0.25, 0.3) is 0 Å². The van der Waals surface area contributed by atoms with Gasteiger partial charge < -0.3 is 19.4 Å². The van der Waals surface area contributed by atoms with E-state index in [4.69, 9.17) is 4.74 Å². The van der Waals surface area contributed by atoms with E-state index in [9.17, 15) is 18.0 Å². The van der Waals surface area contributed by atoms with E-state index >= 15 is 0 Å². The predicted octanol–water partition coefficient (Wildman–Crippen LogP) is 1.21. The fourth-order valence-corrected chi connectivity index (χ4v) is 5.65. The first-order chi connectivity index (χ1) is 13.4. The van der Waals surface area contributed by atoms with Gasteiger partial charge in [-0.25, -0.2) is 13.2 Å². The van der Waals surface area contributed by atoms with E-state index in [0.29, 0.717) is 50.1 Å². The number of amidine groups is 1. The standard InChI is InChI=1S/C17H20N4O5S2/c1-2-26-17(23)20-7-5-19(6-8-20)15(22)12-3-4-13-14(11-12)27-16-18-28(24,25)10-9-21(13)16/h3-4,11H,2,5-10H2,1H3. The average Bonchev–Trinajstić information content (AvgIpc) is 3.03. The second kappa shape index (κ2) is 7.28. The Balaban J connectivity index is 1.46. The Hall–Kier alpha value is -2.27. The highest BCUT2D eigenvalue weighted by Crippen LogP contribution is 2.42. The van der Waals surface area contributed by atoms with Gasteiger partial charge >= 0.3 is 6.09 Å². The van der Waals surface area contributed by atoms with E-state index in [-0.39, 0.29) is 17.8 Å². The monoisotopic (exact) mass is 424 g/mol. The molecule has 0 aliphatic carbocycles. The fourth-order valence-electron chi connectivity index (χ4n) is 3.35. The van der Waals surface area contributed by atoms with Crippen molar-refractivity contribution in [3.05, 3.63) is 23.8 Å². The highest BCUT2D eigenvalue weighted by Gasteiger charge is 2.34. The van der Waals surface area contributed by atoms with Gasteiger partial charge in [0.25, 0.3) is 15.9 Å². The lowest BCUT2D eigenvalue weighted by Crippen LogP contribution is -2.50. The van der Waals surface area contributed by atoms with Gasteiger partial charge in [-0.15, -0.1) is 4.40 Å². The first-order valence-corrected chi connectivity index (χ1v) is 11.4. The Morgan fingerprint density at radius 1 is 1.14 bits per heavy atom. The SMILES string of the molecule is CCOC(=O)N1CCN(C(=O)c2ccc3c(c2)SC2=NS(=O)(=O)CCN23)CC1. The van der Waals surface area contributed by atoms with Gasteiger partial charge in [0.05, 0.1) is 18.0 Å². The molecular weight excluding hydrogens is 404 g/mol. The first-order valence-electron chi connectivity index (χ1n) is 9.01. The molecule has 4 rings (SSSR count). The van der Waals surface area contributed by atoms with Gasteiger partial charge in [0.15, 0.2) is 5.17 Å². The maximum absolute atomic E-state index is 12.9. The summed E-state index contributed by atoms with van der Waals surface area (Å²) in [4.78, 5) is 30.7. The van der Waals surface area contributed by atoms with Gasteiger partial charge in [-0.2, -0.15) is 0 Å². The number of benzene rings is 1. The number of nitrogens with zero attached hydrogens (tertiary/aromatic N) is 4. The van der Waals surface area contributed by atoms with Crippen molar-refractivity contribution < 1.29 is 22.7 Å². The third kappa shape index (κ3) is 3.55. The van der Waals surface area contributed by atoms with Crippen LogP contribution in [0.4, 0.5) is 10.5 Å². The number of amides is 2. The first kappa shape index (κ1) is 19.1. The van der Waals surface area contributed by atoms with Crippen LogP contribution in [0.2, 0.25) is 0 Å². The third-order valence-corrected chi connectivity index (χ3v) is 7.12. The number of piperazine rings is 1. The number of fused-ring (bicyclic) bond motifs is 3. The molecule has 2 amide bonds. The minimum atomic E-state index is -3.41. The normalized spacial score (nSPS) is 20.3. The lowest BCUT2D eigenvalue weighted by molar-refractivity contribution is 0.0570. The molecule has 150 valence electrons. The number of carbonyl (C=O) groups is 2. The second-order valence-corrected chi connectivity index (χ2v) is 9.34. The lowest BCUT2D eigenvalue weighted by Gasteiger charge is -2.34. The molecule has 0 N–H and O–H groups in total. The molecule has 11 heteroatoms. The van der Waals surface area contributed by atoms with Crippen LogP contribution in [0.5, 0.6) is 0 Å². The minimum Gasteiger partial charge on any atom is -0.450 e. The Kier molecular flexibility index (Phi) is 4.96. The molecule has 0 bridgehead atoms. The Morgan fingerprint density at radius 3 is 2.57 bits per heavy atom. The van der Waals surface area contributed by atoms with Crippen LogP contribution in [0.15, 0.2) is 27.5 Å². The molecular formula is C17H20N4O5S2. The third-order valence-electron chi connectivity index (χ3n) is 4.81. The molecule has 1 saturated heterocycles. The molecule has 1 aromatic rings. The molecule has 3 heterocycles. The van der Waals surface area contributed by atoms with Gasteiger partial charge in [-0.05, 0) is 36.9 Å². The lowest BCUT2D eigenvalue weighted by atomic mass is 10.1. The van der Waals surface area contributed by atoms with Crippen molar-refractivity contribution >= 4 is 44.6 Å². The summed E-state index contributed by atoms with van der Waals surface area (Å²) < 4.78 is 32.3. The summed E-state index contributed by atoms with van der Waals surface area (Å²) in [6.45, 7) is 4.22. The number of anilines is 1. The van der Waals surface area contributed by atoms with Gasteiger partial charge in [0, 0.05) is 43.2 Å². The molecule has 0 atom stereocenters. The van der Waals surface area contributed by atoms with Crippen LogP contribution in [-0.2, 0) is 14.8 Å². The Bertz CT molecular complexity index is 954. The summed E-state index contributed by atoms with van der Waals surface area (Å²) in [7, 11) is -3.41. The summed E-state index contributed by atoms with van der Waals surface area (Å²) >= 11 is 1.27. The Labute approximate surface area is 167 Å². The largest absolute Gasteiger partial charge is 0.450 e. The van der Waals surface area contributed by atoms with Crippen LogP contribution in [-0.4, -0.2) is 80.5 Å². The van der Waals surface area contributed by atoms with E-state index in [2.05, 4.69) is 4.40 Å². The summed E-state index contributed by atoms with van der Waals surface area (Å²) in [6, 6.07) is 5.38. The van der Waals surface area contributed by atoms with Crippen LogP contribution in [0, 0.1) is 0 Å². The number of ether oxygens (including phenoxy) is 1. The van der Waals surface area contributed by atoms with E-state index in [1.807, 2.05) is 11.0 Å². The van der Waals surface area contributed by atoms with Crippen molar-refractivity contribution in [2.24, 2.45) is 4.40 Å². The van der Waals surface area contributed by atoms with Crippen molar-refractivity contribution in [3.8, 4) is 0 Å². The molecule has 3 aliphatic heterocycles. The number of hydrogen-bond donors (Lipinski definition) is 0. The molecule has 3 aliphatic rings. The molecule has 1 fully saturated rings. The summed E-state index contributed by atoms with van der Waals surface area (Å²) in [5.41, 5.74) is 1.42. The van der Waals surface area contributed by atoms with Gasteiger partial charge in [-0.1, -0.05) is 0 Å². The predicted molar refractivity (Wildman–Crippen MR) is 105 cm³/mol. The zero-order valence-corrected chi connectivity index (χ0v) is 17.0.